The molecule has 2 nitrogen and oxygen atoms in total. The van der Waals surface area contributed by atoms with E-state index in [1.54, 1.807) is 29.5 Å². The molecule has 1 atom stereocenters. The third-order valence-electron chi connectivity index (χ3n) is 3.94. The van der Waals surface area contributed by atoms with Gasteiger partial charge in [0.25, 0.3) is 0 Å². The molecule has 3 aromatic rings. The molecule has 0 saturated carbocycles. The van der Waals surface area contributed by atoms with E-state index in [1.807, 2.05) is 48.7 Å². The molecule has 0 saturated heterocycles. The summed E-state index contributed by atoms with van der Waals surface area (Å²) in [4.78, 5) is 13.7. The van der Waals surface area contributed by atoms with Crippen molar-refractivity contribution in [1.29, 1.82) is 0 Å². The topological polar surface area (TPSA) is 29.1 Å². The van der Waals surface area contributed by atoms with Crippen LogP contribution in [-0.4, -0.2) is 5.91 Å². The van der Waals surface area contributed by atoms with Crippen molar-refractivity contribution in [3.8, 4) is 0 Å². The first kappa shape index (κ1) is 18.0. The maximum atomic E-state index is 12.6. The quantitative estimate of drug-likeness (QED) is 0.585. The second kappa shape index (κ2) is 8.05. The molecule has 0 aliphatic carbocycles. The first-order valence-electron chi connectivity index (χ1n) is 7.87. The molecule has 0 aliphatic rings. The summed E-state index contributed by atoms with van der Waals surface area (Å²) in [5.74, 6) is -0.117. The number of aryl methyl sites for hydroxylation is 1. The number of rotatable bonds is 5. The normalized spacial score (nSPS) is 12.0. The van der Waals surface area contributed by atoms with Gasteiger partial charge in [-0.25, -0.2) is 0 Å². The highest BCUT2D eigenvalue weighted by Gasteiger charge is 2.19. The van der Waals surface area contributed by atoms with Crippen molar-refractivity contribution in [3.63, 3.8) is 0 Å². The van der Waals surface area contributed by atoms with Crippen LogP contribution in [-0.2, 0) is 11.2 Å². The van der Waals surface area contributed by atoms with Crippen LogP contribution in [0.25, 0.3) is 0 Å². The van der Waals surface area contributed by atoms with Crippen LogP contribution >= 0.6 is 34.5 Å². The van der Waals surface area contributed by atoms with Gasteiger partial charge >= 0.3 is 0 Å². The highest BCUT2D eigenvalue weighted by Crippen LogP contribution is 2.28. The first-order valence-corrected chi connectivity index (χ1v) is 9.50. The Morgan fingerprint density at radius 1 is 1.04 bits per heavy atom. The molecule has 1 aromatic heterocycles. The molecule has 5 heteroatoms. The number of amides is 1. The van der Waals surface area contributed by atoms with Crippen LogP contribution in [0.2, 0.25) is 10.0 Å². The highest BCUT2D eigenvalue weighted by atomic mass is 35.5. The molecule has 1 amide bonds. The van der Waals surface area contributed by atoms with Gasteiger partial charge in [0.1, 0.15) is 0 Å². The van der Waals surface area contributed by atoms with Crippen LogP contribution in [0.15, 0.2) is 60.0 Å². The van der Waals surface area contributed by atoms with Gasteiger partial charge in [0, 0.05) is 14.9 Å². The van der Waals surface area contributed by atoms with Gasteiger partial charge in [-0.2, -0.15) is 0 Å². The number of nitrogens with one attached hydrogen (secondary N) is 1. The third kappa shape index (κ3) is 4.43. The zero-order chi connectivity index (χ0) is 17.8. The van der Waals surface area contributed by atoms with Crippen LogP contribution < -0.4 is 5.32 Å². The molecule has 3 rings (SSSR count). The summed E-state index contributed by atoms with van der Waals surface area (Å²) >= 11 is 14.0. The van der Waals surface area contributed by atoms with Crippen LogP contribution in [0, 0.1) is 6.92 Å². The molecule has 0 aliphatic heterocycles. The SMILES string of the molecule is Cc1ccc([C@H](NC(=O)Cc2c(Cl)cccc2Cl)c2cccs2)cc1. The Hall–Kier alpha value is -1.81. The Balaban J connectivity index is 1.83. The summed E-state index contributed by atoms with van der Waals surface area (Å²) in [5, 5.41) is 6.13. The molecule has 128 valence electrons. The number of carbonyl (C=O) groups excluding carboxylic acids is 1. The molecule has 0 unspecified atom stereocenters. The van der Waals surface area contributed by atoms with E-state index >= 15 is 0 Å². The minimum Gasteiger partial charge on any atom is -0.344 e. The Kier molecular flexibility index (Phi) is 5.79. The second-order valence-electron chi connectivity index (χ2n) is 5.80. The first-order chi connectivity index (χ1) is 12.0. The summed E-state index contributed by atoms with van der Waals surface area (Å²) in [6.45, 7) is 2.04. The van der Waals surface area contributed by atoms with Crippen LogP contribution in [0.3, 0.4) is 0 Å². The summed E-state index contributed by atoms with van der Waals surface area (Å²) < 4.78 is 0. The van der Waals surface area contributed by atoms with Crippen LogP contribution in [0.5, 0.6) is 0 Å². The van der Waals surface area contributed by atoms with E-state index in [0.29, 0.717) is 15.6 Å². The van der Waals surface area contributed by atoms with E-state index in [0.717, 1.165) is 10.4 Å². The zero-order valence-electron chi connectivity index (χ0n) is 13.6. The minimum atomic E-state index is -0.186. The van der Waals surface area contributed by atoms with Gasteiger partial charge in [-0.15, -0.1) is 11.3 Å². The maximum Gasteiger partial charge on any atom is 0.225 e. The van der Waals surface area contributed by atoms with E-state index < -0.39 is 0 Å². The number of carbonyl (C=O) groups is 1. The zero-order valence-corrected chi connectivity index (χ0v) is 16.0. The Labute approximate surface area is 161 Å². The van der Waals surface area contributed by atoms with Crippen LogP contribution in [0.1, 0.15) is 27.6 Å². The summed E-state index contributed by atoms with van der Waals surface area (Å²) in [6, 6.07) is 17.3. The van der Waals surface area contributed by atoms with Crippen LogP contribution in [0.4, 0.5) is 0 Å². The average molecular weight is 390 g/mol. The fourth-order valence-electron chi connectivity index (χ4n) is 2.61. The monoisotopic (exact) mass is 389 g/mol. The van der Waals surface area contributed by atoms with E-state index in [-0.39, 0.29) is 18.4 Å². The summed E-state index contributed by atoms with van der Waals surface area (Å²) in [5.41, 5.74) is 2.88. The predicted molar refractivity (Wildman–Crippen MR) is 106 cm³/mol. The number of hydrogen-bond donors (Lipinski definition) is 1. The molecule has 0 radical (unpaired) electrons. The molecular formula is C20H17Cl2NOS. The van der Waals surface area contributed by atoms with Gasteiger partial charge in [-0.05, 0) is 41.6 Å². The number of thiophene rings is 1. The maximum absolute atomic E-state index is 12.6. The van der Waals surface area contributed by atoms with Crippen molar-refractivity contribution in [2.24, 2.45) is 0 Å². The lowest BCUT2D eigenvalue weighted by atomic mass is 10.0. The molecular weight excluding hydrogens is 373 g/mol. The van der Waals surface area contributed by atoms with Gasteiger partial charge in [-0.1, -0.05) is 65.2 Å². The molecule has 1 heterocycles. The van der Waals surface area contributed by atoms with Crippen molar-refractivity contribution in [3.05, 3.63) is 91.6 Å². The Bertz CT molecular complexity index is 840. The summed E-state index contributed by atoms with van der Waals surface area (Å²) in [7, 11) is 0. The minimum absolute atomic E-state index is 0.117. The standard InChI is InChI=1S/C20H17Cl2NOS/c1-13-7-9-14(10-8-13)20(18-6-3-11-25-18)23-19(24)12-15-16(21)4-2-5-17(15)22/h2-11,20H,12H2,1H3,(H,23,24)/t20-/m0/s1. The van der Waals surface area contributed by atoms with Crippen molar-refractivity contribution in [2.75, 3.05) is 0 Å². The number of benzene rings is 2. The van der Waals surface area contributed by atoms with Gasteiger partial charge < -0.3 is 5.32 Å². The lowest BCUT2D eigenvalue weighted by Crippen LogP contribution is -2.30. The van der Waals surface area contributed by atoms with Gasteiger partial charge in [0.2, 0.25) is 5.91 Å². The molecule has 0 spiro atoms. The molecule has 0 fully saturated rings. The van der Waals surface area contributed by atoms with E-state index in [2.05, 4.69) is 5.32 Å². The smallest absolute Gasteiger partial charge is 0.225 e. The molecule has 25 heavy (non-hydrogen) atoms. The van der Waals surface area contributed by atoms with Crippen molar-refractivity contribution in [2.45, 2.75) is 19.4 Å². The second-order valence-corrected chi connectivity index (χ2v) is 7.60. The summed E-state index contributed by atoms with van der Waals surface area (Å²) in [6.07, 6.45) is 0.145. The van der Waals surface area contributed by atoms with E-state index in [9.17, 15) is 4.79 Å². The largest absolute Gasteiger partial charge is 0.344 e. The fourth-order valence-corrected chi connectivity index (χ4v) is 3.94. The lowest BCUT2D eigenvalue weighted by Gasteiger charge is -2.19. The van der Waals surface area contributed by atoms with E-state index in [4.69, 9.17) is 23.2 Å². The Morgan fingerprint density at radius 2 is 1.72 bits per heavy atom. The van der Waals surface area contributed by atoms with Crippen molar-refractivity contribution < 1.29 is 4.79 Å². The van der Waals surface area contributed by atoms with Gasteiger partial charge in [0.15, 0.2) is 0 Å². The highest BCUT2D eigenvalue weighted by molar-refractivity contribution is 7.10. The molecule has 0 bridgehead atoms. The number of hydrogen-bond acceptors (Lipinski definition) is 2. The lowest BCUT2D eigenvalue weighted by molar-refractivity contribution is -0.120. The average Bonchev–Trinajstić information content (AvgIpc) is 3.11. The van der Waals surface area contributed by atoms with E-state index in [1.165, 1.54) is 5.56 Å². The molecule has 1 N–H and O–H groups in total. The third-order valence-corrected chi connectivity index (χ3v) is 5.59. The van der Waals surface area contributed by atoms with Gasteiger partial charge in [-0.3, -0.25) is 4.79 Å². The fraction of sp³-hybridized carbons (Fsp3) is 0.150. The number of halogens is 2. The van der Waals surface area contributed by atoms with Gasteiger partial charge in [0.05, 0.1) is 12.5 Å². The molecule has 2 aromatic carbocycles. The van der Waals surface area contributed by atoms with Crippen molar-refractivity contribution in [1.82, 2.24) is 5.32 Å². The Morgan fingerprint density at radius 3 is 2.32 bits per heavy atom. The predicted octanol–water partition coefficient (Wildman–Crippen LogP) is 5.81. The van der Waals surface area contributed by atoms with Crippen molar-refractivity contribution >= 4 is 40.4 Å².